The molecular weight excluding hydrogens is 234 g/mol. The number of carbonyl (C=O) groups excluding carboxylic acids is 1. The molecule has 0 saturated carbocycles. The largest absolute Gasteiger partial charge is 0.349 e. The minimum absolute atomic E-state index is 0.245. The van der Waals surface area contributed by atoms with E-state index in [0.29, 0.717) is 18.9 Å². The zero-order valence-electron chi connectivity index (χ0n) is 9.58. The quantitative estimate of drug-likeness (QED) is 0.480. The van der Waals surface area contributed by atoms with Crippen LogP contribution in [0.15, 0.2) is 30.6 Å². The molecule has 0 saturated heterocycles. The lowest BCUT2D eigenvalue weighted by molar-refractivity contribution is 0.0946. The van der Waals surface area contributed by atoms with Crippen molar-refractivity contribution in [2.24, 2.45) is 5.84 Å². The Bertz CT molecular complexity index is 493. The van der Waals surface area contributed by atoms with Crippen molar-refractivity contribution in [3.8, 4) is 0 Å². The molecule has 2 rings (SSSR count). The molecule has 2 aromatic rings. The van der Waals surface area contributed by atoms with Gasteiger partial charge in [0.15, 0.2) is 11.5 Å². The van der Waals surface area contributed by atoms with Crippen molar-refractivity contribution in [2.75, 3.05) is 12.0 Å². The van der Waals surface area contributed by atoms with Crippen LogP contribution in [-0.2, 0) is 6.54 Å². The SMILES string of the molecule is NNc1ccc(C(=O)NCCn2cccn2)nn1. The van der Waals surface area contributed by atoms with Crippen molar-refractivity contribution in [1.82, 2.24) is 25.3 Å². The van der Waals surface area contributed by atoms with Gasteiger partial charge in [0, 0.05) is 18.9 Å². The fourth-order valence-corrected chi connectivity index (χ4v) is 1.34. The maximum atomic E-state index is 11.7. The standard InChI is InChI=1S/C10H13N7O/c11-14-9-3-2-8(15-16-9)10(18)12-5-7-17-6-1-4-13-17/h1-4,6H,5,7,11H2,(H,12,18)(H,14,16). The number of nitrogens with one attached hydrogen (secondary N) is 2. The predicted octanol–water partition coefficient (Wildman–Crippen LogP) is -0.611. The van der Waals surface area contributed by atoms with E-state index in [4.69, 9.17) is 5.84 Å². The van der Waals surface area contributed by atoms with Gasteiger partial charge in [-0.25, -0.2) is 5.84 Å². The molecular formula is C10H13N7O. The fourth-order valence-electron chi connectivity index (χ4n) is 1.34. The summed E-state index contributed by atoms with van der Waals surface area (Å²) in [5, 5.41) is 14.2. The first kappa shape index (κ1) is 12.0. The molecule has 8 nitrogen and oxygen atoms in total. The highest BCUT2D eigenvalue weighted by molar-refractivity contribution is 5.92. The third-order valence-corrected chi connectivity index (χ3v) is 2.23. The Balaban J connectivity index is 1.83. The van der Waals surface area contributed by atoms with Crippen molar-refractivity contribution in [3.05, 3.63) is 36.3 Å². The maximum Gasteiger partial charge on any atom is 0.271 e. The molecule has 0 aliphatic heterocycles. The molecule has 4 N–H and O–H groups in total. The normalized spacial score (nSPS) is 10.1. The molecule has 0 spiro atoms. The highest BCUT2D eigenvalue weighted by Crippen LogP contribution is 1.99. The topological polar surface area (TPSA) is 111 Å². The number of amides is 1. The summed E-state index contributed by atoms with van der Waals surface area (Å²) in [6.45, 7) is 1.08. The molecule has 0 atom stereocenters. The van der Waals surface area contributed by atoms with Gasteiger partial charge in [0.25, 0.3) is 5.91 Å². The minimum Gasteiger partial charge on any atom is -0.349 e. The summed E-state index contributed by atoms with van der Waals surface area (Å²) in [6.07, 6.45) is 3.51. The number of hydrogen-bond donors (Lipinski definition) is 3. The zero-order valence-corrected chi connectivity index (χ0v) is 9.58. The third-order valence-electron chi connectivity index (χ3n) is 2.23. The molecule has 2 aromatic heterocycles. The molecule has 2 heterocycles. The maximum absolute atomic E-state index is 11.7. The molecule has 1 amide bonds. The Hall–Kier alpha value is -2.48. The predicted molar refractivity (Wildman–Crippen MR) is 64.4 cm³/mol. The van der Waals surface area contributed by atoms with Crippen molar-refractivity contribution in [3.63, 3.8) is 0 Å². The first-order chi connectivity index (χ1) is 8.79. The van der Waals surface area contributed by atoms with Gasteiger partial charge < -0.3 is 10.7 Å². The van der Waals surface area contributed by atoms with Crippen LogP contribution < -0.4 is 16.6 Å². The smallest absolute Gasteiger partial charge is 0.271 e. The third kappa shape index (κ3) is 3.01. The van der Waals surface area contributed by atoms with Crippen molar-refractivity contribution in [1.29, 1.82) is 0 Å². The lowest BCUT2D eigenvalue weighted by atomic mass is 10.3. The summed E-state index contributed by atoms with van der Waals surface area (Å²) in [6, 6.07) is 4.95. The van der Waals surface area contributed by atoms with E-state index in [1.165, 1.54) is 0 Å². The average Bonchev–Trinajstić information content (AvgIpc) is 2.92. The van der Waals surface area contributed by atoms with Crippen LogP contribution >= 0.6 is 0 Å². The molecule has 18 heavy (non-hydrogen) atoms. The van der Waals surface area contributed by atoms with Crippen LogP contribution in [0.4, 0.5) is 5.82 Å². The highest BCUT2D eigenvalue weighted by Gasteiger charge is 2.07. The van der Waals surface area contributed by atoms with Crippen LogP contribution in [0.5, 0.6) is 0 Å². The van der Waals surface area contributed by atoms with Crippen LogP contribution in [-0.4, -0.2) is 32.4 Å². The van der Waals surface area contributed by atoms with E-state index in [-0.39, 0.29) is 11.6 Å². The van der Waals surface area contributed by atoms with E-state index >= 15 is 0 Å². The minimum atomic E-state index is -0.279. The summed E-state index contributed by atoms with van der Waals surface area (Å²) in [7, 11) is 0. The van der Waals surface area contributed by atoms with Crippen LogP contribution in [0.2, 0.25) is 0 Å². The Morgan fingerprint density at radius 2 is 2.28 bits per heavy atom. The molecule has 0 aliphatic carbocycles. The van der Waals surface area contributed by atoms with Gasteiger partial charge in [-0.3, -0.25) is 9.48 Å². The van der Waals surface area contributed by atoms with E-state index in [0.717, 1.165) is 0 Å². The number of aromatic nitrogens is 4. The summed E-state index contributed by atoms with van der Waals surface area (Å²) < 4.78 is 1.73. The molecule has 0 radical (unpaired) electrons. The molecule has 0 unspecified atom stereocenters. The van der Waals surface area contributed by atoms with Crippen LogP contribution in [0.1, 0.15) is 10.5 Å². The van der Waals surface area contributed by atoms with E-state index in [2.05, 4.69) is 26.0 Å². The lowest BCUT2D eigenvalue weighted by Crippen LogP contribution is -2.28. The Kier molecular flexibility index (Phi) is 3.82. The molecule has 94 valence electrons. The number of hydrazine groups is 1. The van der Waals surface area contributed by atoms with Crippen LogP contribution in [0.25, 0.3) is 0 Å². The van der Waals surface area contributed by atoms with Gasteiger partial charge in [-0.1, -0.05) is 0 Å². The van der Waals surface area contributed by atoms with Crippen molar-refractivity contribution >= 4 is 11.7 Å². The van der Waals surface area contributed by atoms with Gasteiger partial charge in [0.1, 0.15) is 0 Å². The number of anilines is 1. The van der Waals surface area contributed by atoms with Crippen molar-refractivity contribution in [2.45, 2.75) is 6.54 Å². The summed E-state index contributed by atoms with van der Waals surface area (Å²) in [4.78, 5) is 11.7. The van der Waals surface area contributed by atoms with Gasteiger partial charge in [0.05, 0.1) is 6.54 Å². The first-order valence-corrected chi connectivity index (χ1v) is 5.35. The van der Waals surface area contributed by atoms with Crippen LogP contribution in [0, 0.1) is 0 Å². The number of nitrogens with two attached hydrogens (primary N) is 1. The highest BCUT2D eigenvalue weighted by atomic mass is 16.1. The van der Waals surface area contributed by atoms with Gasteiger partial charge in [-0.15, -0.1) is 10.2 Å². The zero-order chi connectivity index (χ0) is 12.8. The van der Waals surface area contributed by atoms with E-state index in [1.54, 1.807) is 23.0 Å². The molecule has 0 aliphatic rings. The van der Waals surface area contributed by atoms with Gasteiger partial charge >= 0.3 is 0 Å². The van der Waals surface area contributed by atoms with Gasteiger partial charge in [0.2, 0.25) is 0 Å². The van der Waals surface area contributed by atoms with Gasteiger partial charge in [-0.2, -0.15) is 5.10 Å². The monoisotopic (exact) mass is 247 g/mol. The second kappa shape index (κ2) is 5.73. The summed E-state index contributed by atoms with van der Waals surface area (Å²) in [5.74, 6) is 5.27. The average molecular weight is 247 g/mol. The Morgan fingerprint density at radius 1 is 1.39 bits per heavy atom. The molecule has 0 bridgehead atoms. The second-order valence-corrected chi connectivity index (χ2v) is 3.47. The summed E-state index contributed by atoms with van der Waals surface area (Å²) >= 11 is 0. The molecule has 0 aromatic carbocycles. The second-order valence-electron chi connectivity index (χ2n) is 3.47. The number of nitrogens with zero attached hydrogens (tertiary/aromatic N) is 4. The number of carbonyl (C=O) groups is 1. The Labute approximate surface area is 103 Å². The molecule has 0 fully saturated rings. The molecule has 8 heteroatoms. The number of hydrogen-bond acceptors (Lipinski definition) is 6. The van der Waals surface area contributed by atoms with Gasteiger partial charge in [-0.05, 0) is 18.2 Å². The summed E-state index contributed by atoms with van der Waals surface area (Å²) in [5.41, 5.74) is 2.58. The van der Waals surface area contributed by atoms with E-state index in [9.17, 15) is 4.79 Å². The number of rotatable bonds is 5. The lowest BCUT2D eigenvalue weighted by Gasteiger charge is -2.04. The van der Waals surface area contributed by atoms with E-state index < -0.39 is 0 Å². The number of nitrogen functional groups attached to an aromatic ring is 1. The van der Waals surface area contributed by atoms with Crippen LogP contribution in [0.3, 0.4) is 0 Å². The van der Waals surface area contributed by atoms with E-state index in [1.807, 2.05) is 12.3 Å². The van der Waals surface area contributed by atoms with Crippen molar-refractivity contribution < 1.29 is 4.79 Å². The Morgan fingerprint density at radius 3 is 2.89 bits per heavy atom. The first-order valence-electron chi connectivity index (χ1n) is 5.35. The fraction of sp³-hybridized carbons (Fsp3) is 0.200.